The number of halogens is 1. The first-order chi connectivity index (χ1) is 8.74. The fourth-order valence-electron chi connectivity index (χ4n) is 2.52. The first-order valence-corrected chi connectivity index (χ1v) is 7.42. The Morgan fingerprint density at radius 1 is 1.44 bits per heavy atom. The zero-order valence-corrected chi connectivity index (χ0v) is 11.9. The quantitative estimate of drug-likeness (QED) is 0.897. The number of piperidine rings is 1. The molecule has 2 aliphatic rings. The van der Waals surface area contributed by atoms with Crippen molar-refractivity contribution in [2.45, 2.75) is 37.8 Å². The summed E-state index contributed by atoms with van der Waals surface area (Å²) < 4.78 is 3.09. The Kier molecular flexibility index (Phi) is 3.43. The smallest absolute Gasteiger partial charge is 0.268 e. The number of amides is 1. The molecule has 2 fully saturated rings. The summed E-state index contributed by atoms with van der Waals surface area (Å²) in [7, 11) is 0. The molecule has 1 aromatic rings. The number of hydrogen-bond donors (Lipinski definition) is 2. The largest absolute Gasteiger partial charge is 0.347 e. The number of carbonyl (C=O) groups is 1. The maximum absolute atomic E-state index is 12.3. The molecule has 2 heterocycles. The monoisotopic (exact) mass is 311 g/mol. The molecule has 1 aliphatic carbocycles. The van der Waals surface area contributed by atoms with Crippen LogP contribution >= 0.6 is 15.9 Å². The molecule has 1 unspecified atom stereocenters. The van der Waals surface area contributed by atoms with Crippen molar-refractivity contribution in [2.24, 2.45) is 0 Å². The fourth-order valence-corrected chi connectivity index (χ4v) is 2.95. The van der Waals surface area contributed by atoms with E-state index in [-0.39, 0.29) is 11.9 Å². The van der Waals surface area contributed by atoms with E-state index in [1.165, 1.54) is 12.8 Å². The Hall–Kier alpha value is -0.810. The maximum atomic E-state index is 12.3. The zero-order valence-electron chi connectivity index (χ0n) is 10.3. The van der Waals surface area contributed by atoms with Crippen LogP contribution in [0.4, 0.5) is 0 Å². The standard InChI is InChI=1S/C13H18BrN3O/c14-9-6-12(17(8-9)11-3-4-11)13(18)16-10-2-1-5-15-7-10/h6,8,10-11,15H,1-5,7H2,(H,16,18). The summed E-state index contributed by atoms with van der Waals surface area (Å²) in [6.45, 7) is 1.95. The number of carbonyl (C=O) groups excluding carboxylic acids is 1. The van der Waals surface area contributed by atoms with E-state index < -0.39 is 0 Å². The molecule has 0 aromatic carbocycles. The van der Waals surface area contributed by atoms with Crippen molar-refractivity contribution in [1.29, 1.82) is 0 Å². The van der Waals surface area contributed by atoms with Crippen molar-refractivity contribution >= 4 is 21.8 Å². The van der Waals surface area contributed by atoms with Gasteiger partial charge in [-0.15, -0.1) is 0 Å². The number of nitrogens with one attached hydrogen (secondary N) is 2. The molecular weight excluding hydrogens is 294 g/mol. The average molecular weight is 312 g/mol. The molecule has 5 heteroatoms. The van der Waals surface area contributed by atoms with Crippen LogP contribution in [0.1, 0.15) is 42.2 Å². The van der Waals surface area contributed by atoms with Crippen LogP contribution in [0.25, 0.3) is 0 Å². The van der Waals surface area contributed by atoms with Crippen molar-refractivity contribution < 1.29 is 4.79 Å². The van der Waals surface area contributed by atoms with Crippen LogP contribution in [-0.4, -0.2) is 29.6 Å². The summed E-state index contributed by atoms with van der Waals surface area (Å²) in [5.74, 6) is 0.0568. The van der Waals surface area contributed by atoms with Crippen LogP contribution in [0.2, 0.25) is 0 Å². The summed E-state index contributed by atoms with van der Waals surface area (Å²) in [6, 6.07) is 2.72. The molecule has 1 atom stereocenters. The highest BCUT2D eigenvalue weighted by molar-refractivity contribution is 9.10. The molecule has 0 radical (unpaired) electrons. The third-order valence-corrected chi connectivity index (χ3v) is 4.05. The second kappa shape index (κ2) is 5.05. The number of rotatable bonds is 3. The van der Waals surface area contributed by atoms with E-state index in [1.807, 2.05) is 12.3 Å². The lowest BCUT2D eigenvalue weighted by atomic mass is 10.1. The van der Waals surface area contributed by atoms with Gasteiger partial charge >= 0.3 is 0 Å². The van der Waals surface area contributed by atoms with Gasteiger partial charge in [-0.25, -0.2) is 0 Å². The molecule has 1 aliphatic heterocycles. The Bertz CT molecular complexity index is 447. The second-order valence-electron chi connectivity index (χ2n) is 5.20. The molecule has 1 aromatic heterocycles. The van der Waals surface area contributed by atoms with Crippen LogP contribution in [0.15, 0.2) is 16.7 Å². The van der Waals surface area contributed by atoms with E-state index in [0.717, 1.165) is 36.1 Å². The summed E-state index contributed by atoms with van der Waals surface area (Å²) >= 11 is 3.46. The lowest BCUT2D eigenvalue weighted by molar-refractivity contribution is 0.0921. The summed E-state index contributed by atoms with van der Waals surface area (Å²) in [4.78, 5) is 12.3. The Morgan fingerprint density at radius 3 is 2.94 bits per heavy atom. The highest BCUT2D eigenvalue weighted by Crippen LogP contribution is 2.37. The van der Waals surface area contributed by atoms with Crippen LogP contribution in [-0.2, 0) is 0 Å². The van der Waals surface area contributed by atoms with E-state index in [0.29, 0.717) is 6.04 Å². The molecule has 1 saturated carbocycles. The molecule has 2 N–H and O–H groups in total. The van der Waals surface area contributed by atoms with Crippen molar-refractivity contribution in [2.75, 3.05) is 13.1 Å². The summed E-state index contributed by atoms with van der Waals surface area (Å²) in [5.41, 5.74) is 0.787. The van der Waals surface area contributed by atoms with Crippen LogP contribution in [0.3, 0.4) is 0 Å². The molecule has 3 rings (SSSR count). The van der Waals surface area contributed by atoms with Gasteiger partial charge in [0.2, 0.25) is 0 Å². The minimum atomic E-state index is 0.0568. The minimum absolute atomic E-state index is 0.0568. The molecule has 1 saturated heterocycles. The Morgan fingerprint density at radius 2 is 2.28 bits per heavy atom. The third-order valence-electron chi connectivity index (χ3n) is 3.62. The third kappa shape index (κ3) is 2.62. The van der Waals surface area contributed by atoms with Gasteiger partial charge in [0.15, 0.2) is 0 Å². The van der Waals surface area contributed by atoms with Crippen molar-refractivity contribution in [3.8, 4) is 0 Å². The minimum Gasteiger partial charge on any atom is -0.347 e. The normalized spacial score (nSPS) is 23.9. The molecular formula is C13H18BrN3O. The van der Waals surface area contributed by atoms with Gasteiger partial charge in [-0.05, 0) is 54.2 Å². The molecule has 1 amide bonds. The topological polar surface area (TPSA) is 46.1 Å². The van der Waals surface area contributed by atoms with E-state index in [4.69, 9.17) is 0 Å². The van der Waals surface area contributed by atoms with E-state index in [9.17, 15) is 4.79 Å². The molecule has 0 bridgehead atoms. The molecule has 98 valence electrons. The maximum Gasteiger partial charge on any atom is 0.268 e. The predicted octanol–water partition coefficient (Wildman–Crippen LogP) is 2.07. The first-order valence-electron chi connectivity index (χ1n) is 6.63. The molecule has 4 nitrogen and oxygen atoms in total. The Balaban J connectivity index is 1.71. The van der Waals surface area contributed by atoms with E-state index in [1.54, 1.807) is 0 Å². The lowest BCUT2D eigenvalue weighted by Crippen LogP contribution is -2.46. The van der Waals surface area contributed by atoms with Crippen molar-refractivity contribution in [1.82, 2.24) is 15.2 Å². The van der Waals surface area contributed by atoms with E-state index in [2.05, 4.69) is 31.1 Å². The highest BCUT2D eigenvalue weighted by atomic mass is 79.9. The lowest BCUT2D eigenvalue weighted by Gasteiger charge is -2.24. The molecule has 0 spiro atoms. The highest BCUT2D eigenvalue weighted by Gasteiger charge is 2.28. The number of nitrogens with zero attached hydrogens (tertiary/aromatic N) is 1. The second-order valence-corrected chi connectivity index (χ2v) is 6.11. The summed E-state index contributed by atoms with van der Waals surface area (Å²) in [5, 5.41) is 6.44. The van der Waals surface area contributed by atoms with Crippen LogP contribution in [0.5, 0.6) is 0 Å². The molecule has 18 heavy (non-hydrogen) atoms. The average Bonchev–Trinajstić information content (AvgIpc) is 3.13. The zero-order chi connectivity index (χ0) is 12.5. The van der Waals surface area contributed by atoms with Gasteiger partial charge in [0.05, 0.1) is 0 Å². The van der Waals surface area contributed by atoms with Gasteiger partial charge in [-0.1, -0.05) is 0 Å². The van der Waals surface area contributed by atoms with Crippen molar-refractivity contribution in [3.63, 3.8) is 0 Å². The fraction of sp³-hybridized carbons (Fsp3) is 0.615. The van der Waals surface area contributed by atoms with Gasteiger partial charge in [-0.2, -0.15) is 0 Å². The van der Waals surface area contributed by atoms with Gasteiger partial charge in [0, 0.05) is 29.3 Å². The van der Waals surface area contributed by atoms with Gasteiger partial charge in [-0.3, -0.25) is 4.79 Å². The van der Waals surface area contributed by atoms with Gasteiger partial charge in [0.1, 0.15) is 5.69 Å². The van der Waals surface area contributed by atoms with Crippen LogP contribution < -0.4 is 10.6 Å². The Labute approximate surface area is 115 Å². The number of hydrogen-bond acceptors (Lipinski definition) is 2. The van der Waals surface area contributed by atoms with Crippen LogP contribution in [0, 0.1) is 0 Å². The summed E-state index contributed by atoms with van der Waals surface area (Å²) in [6.07, 6.45) is 6.60. The van der Waals surface area contributed by atoms with Gasteiger partial charge < -0.3 is 15.2 Å². The predicted molar refractivity (Wildman–Crippen MR) is 73.8 cm³/mol. The van der Waals surface area contributed by atoms with Gasteiger partial charge in [0.25, 0.3) is 5.91 Å². The van der Waals surface area contributed by atoms with E-state index >= 15 is 0 Å². The van der Waals surface area contributed by atoms with Crippen molar-refractivity contribution in [3.05, 3.63) is 22.4 Å². The number of aromatic nitrogens is 1. The first kappa shape index (κ1) is 12.2. The SMILES string of the molecule is O=C(NC1CCCNC1)c1cc(Br)cn1C1CC1.